The van der Waals surface area contributed by atoms with Gasteiger partial charge in [0.1, 0.15) is 11.6 Å². The number of nitrogens with zero attached hydrogens (tertiary/aromatic N) is 3. The Balaban J connectivity index is 1.62. The smallest absolute Gasteiger partial charge is 0.229 e. The van der Waals surface area contributed by atoms with E-state index in [0.29, 0.717) is 6.54 Å². The second-order valence-electron chi connectivity index (χ2n) is 5.57. The van der Waals surface area contributed by atoms with E-state index in [1.165, 1.54) is 0 Å². The minimum absolute atomic E-state index is 0.0451. The number of carbonyl (C=O) groups is 1. The Labute approximate surface area is 135 Å². The van der Waals surface area contributed by atoms with Crippen LogP contribution in [0, 0.1) is 5.92 Å². The van der Waals surface area contributed by atoms with Gasteiger partial charge in [-0.05, 0) is 37.1 Å². The number of methoxy groups -OCH3 is 1. The topological polar surface area (TPSA) is 67.3 Å². The minimum atomic E-state index is -0.0483. The normalized spacial score (nSPS) is 17.6. The van der Waals surface area contributed by atoms with Gasteiger partial charge in [-0.2, -0.15) is 0 Å². The highest BCUT2D eigenvalue weighted by atomic mass is 16.5. The standard InChI is InChI=1S/C17H20N4O2/c1-23-15-6-4-14(5-7-15)20-17(22)13-3-2-10-21(12-13)16-11-18-8-9-19-16/h4-9,11,13H,2-3,10,12H2,1H3,(H,20,22)/t13-/m0/s1. The molecule has 1 aromatic heterocycles. The number of anilines is 2. The maximum atomic E-state index is 12.5. The molecule has 1 aliphatic heterocycles. The van der Waals surface area contributed by atoms with E-state index in [9.17, 15) is 4.79 Å². The molecule has 3 rings (SSSR count). The lowest BCUT2D eigenvalue weighted by Crippen LogP contribution is -2.41. The van der Waals surface area contributed by atoms with Crippen LogP contribution in [0.3, 0.4) is 0 Å². The van der Waals surface area contributed by atoms with Crippen LogP contribution in [0.4, 0.5) is 11.5 Å². The molecular weight excluding hydrogens is 292 g/mol. The minimum Gasteiger partial charge on any atom is -0.497 e. The van der Waals surface area contributed by atoms with Gasteiger partial charge in [-0.1, -0.05) is 0 Å². The second kappa shape index (κ2) is 7.09. The zero-order valence-electron chi connectivity index (χ0n) is 13.1. The van der Waals surface area contributed by atoms with Crippen LogP contribution in [0.1, 0.15) is 12.8 Å². The molecule has 1 saturated heterocycles. The lowest BCUT2D eigenvalue weighted by atomic mass is 9.97. The summed E-state index contributed by atoms with van der Waals surface area (Å²) in [6, 6.07) is 7.37. The van der Waals surface area contributed by atoms with Crippen molar-refractivity contribution in [1.82, 2.24) is 9.97 Å². The largest absolute Gasteiger partial charge is 0.497 e. The Morgan fingerprint density at radius 2 is 2.13 bits per heavy atom. The molecule has 0 unspecified atom stereocenters. The number of aromatic nitrogens is 2. The molecular formula is C17H20N4O2. The van der Waals surface area contributed by atoms with Crippen LogP contribution in [0.25, 0.3) is 0 Å². The number of hydrogen-bond donors (Lipinski definition) is 1. The highest BCUT2D eigenvalue weighted by Gasteiger charge is 2.26. The molecule has 120 valence electrons. The van der Waals surface area contributed by atoms with E-state index in [2.05, 4.69) is 20.2 Å². The number of carbonyl (C=O) groups excluding carboxylic acids is 1. The molecule has 1 fully saturated rings. The highest BCUT2D eigenvalue weighted by Crippen LogP contribution is 2.23. The Bertz CT molecular complexity index is 645. The van der Waals surface area contributed by atoms with Gasteiger partial charge in [0.2, 0.25) is 5.91 Å². The van der Waals surface area contributed by atoms with Gasteiger partial charge in [-0.15, -0.1) is 0 Å². The zero-order valence-corrected chi connectivity index (χ0v) is 13.1. The fraction of sp³-hybridized carbons (Fsp3) is 0.353. The predicted molar refractivity (Wildman–Crippen MR) is 88.6 cm³/mol. The first-order chi connectivity index (χ1) is 11.3. The summed E-state index contributed by atoms with van der Waals surface area (Å²) in [6.45, 7) is 1.58. The van der Waals surface area contributed by atoms with Crippen molar-refractivity contribution >= 4 is 17.4 Å². The number of nitrogens with one attached hydrogen (secondary N) is 1. The summed E-state index contributed by atoms with van der Waals surface area (Å²) in [6.07, 6.45) is 6.93. The lowest BCUT2D eigenvalue weighted by molar-refractivity contribution is -0.120. The summed E-state index contributed by atoms with van der Waals surface area (Å²) < 4.78 is 5.12. The molecule has 0 saturated carbocycles. The fourth-order valence-corrected chi connectivity index (χ4v) is 2.77. The number of benzene rings is 1. The van der Waals surface area contributed by atoms with Gasteiger partial charge in [0, 0.05) is 31.2 Å². The van der Waals surface area contributed by atoms with E-state index in [0.717, 1.165) is 36.6 Å². The Morgan fingerprint density at radius 1 is 1.30 bits per heavy atom. The third-order valence-corrected chi connectivity index (χ3v) is 4.02. The van der Waals surface area contributed by atoms with E-state index < -0.39 is 0 Å². The number of rotatable bonds is 4. The van der Waals surface area contributed by atoms with Gasteiger partial charge >= 0.3 is 0 Å². The van der Waals surface area contributed by atoms with E-state index in [4.69, 9.17) is 4.74 Å². The van der Waals surface area contributed by atoms with Crippen LogP contribution < -0.4 is 15.0 Å². The van der Waals surface area contributed by atoms with Gasteiger partial charge in [0.05, 0.1) is 19.2 Å². The SMILES string of the molecule is COc1ccc(NC(=O)[C@H]2CCCN(c3cnccn3)C2)cc1. The molecule has 6 nitrogen and oxygen atoms in total. The van der Waals surface area contributed by atoms with Crippen molar-refractivity contribution in [2.75, 3.05) is 30.4 Å². The maximum Gasteiger partial charge on any atom is 0.229 e. The molecule has 0 spiro atoms. The second-order valence-corrected chi connectivity index (χ2v) is 5.57. The van der Waals surface area contributed by atoms with Crippen molar-refractivity contribution in [2.45, 2.75) is 12.8 Å². The van der Waals surface area contributed by atoms with E-state index in [1.807, 2.05) is 24.3 Å². The molecule has 1 atom stereocenters. The molecule has 6 heteroatoms. The Kier molecular flexibility index (Phi) is 4.71. The summed E-state index contributed by atoms with van der Waals surface area (Å²) in [5.74, 6) is 1.60. The first kappa shape index (κ1) is 15.3. The number of ether oxygens (including phenoxy) is 1. The lowest BCUT2D eigenvalue weighted by Gasteiger charge is -2.32. The first-order valence-corrected chi connectivity index (χ1v) is 7.72. The van der Waals surface area contributed by atoms with Crippen molar-refractivity contribution in [3.8, 4) is 5.75 Å². The molecule has 0 radical (unpaired) electrons. The van der Waals surface area contributed by atoms with Crippen LogP contribution in [-0.4, -0.2) is 36.1 Å². The van der Waals surface area contributed by atoms with Crippen molar-refractivity contribution in [2.24, 2.45) is 5.92 Å². The average molecular weight is 312 g/mol. The van der Waals surface area contributed by atoms with Gasteiger partial charge in [-0.25, -0.2) is 4.98 Å². The van der Waals surface area contributed by atoms with Crippen LogP contribution in [0.15, 0.2) is 42.9 Å². The van der Waals surface area contributed by atoms with Gasteiger partial charge in [-0.3, -0.25) is 9.78 Å². The summed E-state index contributed by atoms with van der Waals surface area (Å²) >= 11 is 0. The van der Waals surface area contributed by atoms with Gasteiger partial charge in [0.15, 0.2) is 0 Å². The summed E-state index contributed by atoms with van der Waals surface area (Å²) in [4.78, 5) is 23.0. The molecule has 0 bridgehead atoms. The van der Waals surface area contributed by atoms with Crippen LogP contribution in [-0.2, 0) is 4.79 Å². The monoisotopic (exact) mass is 312 g/mol. The van der Waals surface area contributed by atoms with Crippen LogP contribution in [0.5, 0.6) is 5.75 Å². The third kappa shape index (κ3) is 3.77. The Morgan fingerprint density at radius 3 is 2.83 bits per heavy atom. The van der Waals surface area contributed by atoms with Gasteiger partial charge < -0.3 is 15.0 Å². The maximum absolute atomic E-state index is 12.5. The number of amides is 1. The molecule has 1 N–H and O–H groups in total. The van der Waals surface area contributed by atoms with Crippen molar-refractivity contribution in [3.63, 3.8) is 0 Å². The fourth-order valence-electron chi connectivity index (χ4n) is 2.77. The zero-order chi connectivity index (χ0) is 16.1. The van der Waals surface area contributed by atoms with E-state index in [-0.39, 0.29) is 11.8 Å². The molecule has 2 heterocycles. The molecule has 1 aliphatic rings. The molecule has 2 aromatic rings. The number of hydrogen-bond acceptors (Lipinski definition) is 5. The highest BCUT2D eigenvalue weighted by molar-refractivity contribution is 5.93. The Hall–Kier alpha value is -2.63. The summed E-state index contributed by atoms with van der Waals surface area (Å²) in [7, 11) is 1.62. The quantitative estimate of drug-likeness (QED) is 0.938. The summed E-state index contributed by atoms with van der Waals surface area (Å²) in [5.41, 5.74) is 0.785. The predicted octanol–water partition coefficient (Wildman–Crippen LogP) is 2.34. The first-order valence-electron chi connectivity index (χ1n) is 7.72. The van der Waals surface area contributed by atoms with Crippen molar-refractivity contribution in [3.05, 3.63) is 42.9 Å². The third-order valence-electron chi connectivity index (χ3n) is 4.02. The van der Waals surface area contributed by atoms with Crippen LogP contribution in [0.2, 0.25) is 0 Å². The summed E-state index contributed by atoms with van der Waals surface area (Å²) in [5, 5.41) is 2.98. The van der Waals surface area contributed by atoms with Gasteiger partial charge in [0.25, 0.3) is 0 Å². The van der Waals surface area contributed by atoms with Crippen LogP contribution >= 0.6 is 0 Å². The molecule has 1 amide bonds. The molecule has 0 aliphatic carbocycles. The molecule has 1 aromatic carbocycles. The van der Waals surface area contributed by atoms with E-state index in [1.54, 1.807) is 25.7 Å². The molecule has 23 heavy (non-hydrogen) atoms. The average Bonchev–Trinajstić information content (AvgIpc) is 2.63. The van der Waals surface area contributed by atoms with Crippen molar-refractivity contribution < 1.29 is 9.53 Å². The van der Waals surface area contributed by atoms with Crippen molar-refractivity contribution in [1.29, 1.82) is 0 Å². The van der Waals surface area contributed by atoms with E-state index >= 15 is 0 Å². The number of piperidine rings is 1.